The first-order valence-electron chi connectivity index (χ1n) is 11.2. The van der Waals surface area contributed by atoms with Crippen molar-refractivity contribution >= 4 is 26.6 Å². The molecule has 0 radical (unpaired) electrons. The Hall–Kier alpha value is -2.78. The highest BCUT2D eigenvalue weighted by Crippen LogP contribution is 2.41. The second kappa shape index (κ2) is 9.61. The lowest BCUT2D eigenvalue weighted by atomic mass is 9.94. The summed E-state index contributed by atoms with van der Waals surface area (Å²) >= 11 is 0. The number of hydrogen-bond donors (Lipinski definition) is 1. The van der Waals surface area contributed by atoms with Crippen molar-refractivity contribution in [2.45, 2.75) is 44.8 Å². The summed E-state index contributed by atoms with van der Waals surface area (Å²) in [5.74, 6) is 1.25. The summed E-state index contributed by atoms with van der Waals surface area (Å²) in [5, 5.41) is 0.952. The molecule has 8 nitrogen and oxygen atoms in total. The molecule has 9 heteroatoms. The molecule has 3 aromatic rings. The predicted octanol–water partition coefficient (Wildman–Crippen LogP) is 4.35. The van der Waals surface area contributed by atoms with Gasteiger partial charge in [-0.05, 0) is 56.9 Å². The third-order valence-corrected chi connectivity index (χ3v) is 7.53. The Bertz CT molecular complexity index is 1230. The molecule has 4 rings (SSSR count). The van der Waals surface area contributed by atoms with Crippen molar-refractivity contribution in [1.29, 1.82) is 0 Å². The summed E-state index contributed by atoms with van der Waals surface area (Å²) in [6, 6.07) is 7.37. The Morgan fingerprint density at radius 2 is 1.82 bits per heavy atom. The summed E-state index contributed by atoms with van der Waals surface area (Å²) in [6.07, 6.45) is 7.82. The van der Waals surface area contributed by atoms with Crippen molar-refractivity contribution in [2.75, 3.05) is 24.7 Å². The molecule has 0 saturated heterocycles. The third kappa shape index (κ3) is 4.94. The van der Waals surface area contributed by atoms with Crippen LogP contribution < -0.4 is 14.2 Å². The Labute approximate surface area is 194 Å². The van der Waals surface area contributed by atoms with E-state index in [0.717, 1.165) is 53.5 Å². The van der Waals surface area contributed by atoms with Crippen LogP contribution in [0.3, 0.4) is 0 Å². The van der Waals surface area contributed by atoms with E-state index in [0.29, 0.717) is 11.6 Å². The van der Waals surface area contributed by atoms with Gasteiger partial charge in [0.25, 0.3) is 0 Å². The van der Waals surface area contributed by atoms with Crippen LogP contribution in [0.4, 0.5) is 5.69 Å². The van der Waals surface area contributed by atoms with E-state index in [9.17, 15) is 8.42 Å². The van der Waals surface area contributed by atoms with Crippen LogP contribution in [0.1, 0.15) is 32.6 Å². The van der Waals surface area contributed by atoms with Crippen LogP contribution in [-0.2, 0) is 21.8 Å². The monoisotopic (exact) mass is 473 g/mol. The molecule has 1 N–H and O–H groups in total. The molecular formula is C24H31N3O5S. The fourth-order valence-corrected chi connectivity index (χ4v) is 5.04. The van der Waals surface area contributed by atoms with Gasteiger partial charge in [-0.2, -0.15) is 0 Å². The lowest BCUT2D eigenvalue weighted by Gasteiger charge is -2.29. The average molecular weight is 474 g/mol. The molecule has 0 aliphatic heterocycles. The molecular weight excluding hydrogens is 442 g/mol. The Morgan fingerprint density at radius 1 is 1.09 bits per heavy atom. The maximum atomic E-state index is 12.2. The lowest BCUT2D eigenvalue weighted by molar-refractivity contribution is 0.0329. The Morgan fingerprint density at radius 3 is 2.48 bits per heavy atom. The van der Waals surface area contributed by atoms with Gasteiger partial charge in [0.1, 0.15) is 11.3 Å². The number of sulfonamides is 1. The number of hydrogen-bond acceptors (Lipinski definition) is 6. The highest BCUT2D eigenvalue weighted by molar-refractivity contribution is 7.92. The number of fused-ring (bicyclic) bond motifs is 1. The first-order chi connectivity index (χ1) is 15.8. The van der Waals surface area contributed by atoms with Crippen LogP contribution in [0.15, 0.2) is 36.7 Å². The zero-order valence-corrected chi connectivity index (χ0v) is 20.3. The van der Waals surface area contributed by atoms with E-state index in [1.807, 2.05) is 36.0 Å². The highest BCUT2D eigenvalue weighted by Gasteiger charge is 2.24. The molecule has 178 valence electrons. The maximum Gasteiger partial charge on any atom is 0.238 e. The van der Waals surface area contributed by atoms with Gasteiger partial charge in [0.15, 0.2) is 0 Å². The third-order valence-electron chi connectivity index (χ3n) is 6.22. The van der Waals surface area contributed by atoms with Crippen LogP contribution in [-0.4, -0.2) is 50.1 Å². The molecule has 1 saturated carbocycles. The van der Waals surface area contributed by atoms with Gasteiger partial charge in [-0.25, -0.2) is 13.4 Å². The summed E-state index contributed by atoms with van der Waals surface area (Å²) in [5.41, 5.74) is 3.10. The van der Waals surface area contributed by atoms with Gasteiger partial charge in [0.05, 0.1) is 25.1 Å². The molecule has 0 bridgehead atoms. The van der Waals surface area contributed by atoms with E-state index >= 15 is 0 Å². The minimum atomic E-state index is -3.41. The lowest BCUT2D eigenvalue weighted by Crippen LogP contribution is -2.27. The topological polar surface area (TPSA) is 91.7 Å². The van der Waals surface area contributed by atoms with Crippen molar-refractivity contribution in [1.82, 2.24) is 9.55 Å². The number of pyridine rings is 1. The number of anilines is 1. The summed E-state index contributed by atoms with van der Waals surface area (Å²) in [4.78, 5) is 4.32. The molecule has 0 unspecified atom stereocenters. The molecule has 0 amide bonds. The maximum absolute atomic E-state index is 12.2. The van der Waals surface area contributed by atoms with E-state index in [4.69, 9.17) is 14.2 Å². The van der Waals surface area contributed by atoms with Gasteiger partial charge in [0, 0.05) is 48.8 Å². The van der Waals surface area contributed by atoms with Crippen molar-refractivity contribution < 1.29 is 22.6 Å². The number of nitrogens with one attached hydrogen (secondary N) is 1. The van der Waals surface area contributed by atoms with Crippen LogP contribution in [0.5, 0.6) is 11.6 Å². The van der Waals surface area contributed by atoms with E-state index in [1.54, 1.807) is 33.4 Å². The normalized spacial score (nSPS) is 18.9. The van der Waals surface area contributed by atoms with E-state index in [1.165, 1.54) is 0 Å². The molecule has 1 aliphatic carbocycles. The highest BCUT2D eigenvalue weighted by atomic mass is 32.2. The quantitative estimate of drug-likeness (QED) is 0.523. The van der Waals surface area contributed by atoms with Gasteiger partial charge in [-0.1, -0.05) is 0 Å². The standard InChI is InChI=1S/C24H31N3O5S/c1-5-33(28,29)26-16-6-11-22(32-18-9-7-17(30-3)8-10-18)20(14-16)21-15-27(2)23-19(21)12-13-25-24(23)31-4/h6,11-15,17-18,26H,5,7-10H2,1-4H3. The van der Waals surface area contributed by atoms with Crippen LogP contribution >= 0.6 is 0 Å². The summed E-state index contributed by atoms with van der Waals surface area (Å²) in [6.45, 7) is 1.61. The number of benzene rings is 1. The molecule has 33 heavy (non-hydrogen) atoms. The van der Waals surface area contributed by atoms with Crippen molar-refractivity contribution in [2.24, 2.45) is 7.05 Å². The van der Waals surface area contributed by atoms with E-state index in [-0.39, 0.29) is 18.0 Å². The zero-order chi connectivity index (χ0) is 23.6. The minimum absolute atomic E-state index is 0.000457. The first-order valence-corrected chi connectivity index (χ1v) is 12.8. The fourth-order valence-electron chi connectivity index (χ4n) is 4.41. The van der Waals surface area contributed by atoms with E-state index < -0.39 is 10.0 Å². The predicted molar refractivity (Wildman–Crippen MR) is 129 cm³/mol. The van der Waals surface area contributed by atoms with Crippen molar-refractivity contribution in [3.05, 3.63) is 36.7 Å². The number of nitrogens with zero attached hydrogens (tertiary/aromatic N) is 2. The molecule has 0 spiro atoms. The Balaban J connectivity index is 1.78. The minimum Gasteiger partial charge on any atom is -0.490 e. The molecule has 1 aromatic carbocycles. The second-order valence-electron chi connectivity index (χ2n) is 8.34. The number of aryl methyl sites for hydroxylation is 1. The van der Waals surface area contributed by atoms with Crippen LogP contribution in [0, 0.1) is 0 Å². The number of ether oxygens (including phenoxy) is 3. The second-order valence-corrected chi connectivity index (χ2v) is 10.3. The molecule has 1 aliphatic rings. The van der Waals surface area contributed by atoms with Crippen LogP contribution in [0.25, 0.3) is 22.0 Å². The van der Waals surface area contributed by atoms with Gasteiger partial charge < -0.3 is 18.8 Å². The summed E-state index contributed by atoms with van der Waals surface area (Å²) < 4.78 is 46.4. The van der Waals surface area contributed by atoms with Crippen molar-refractivity contribution in [3.8, 4) is 22.8 Å². The SMILES string of the molecule is CCS(=O)(=O)Nc1ccc(OC2CCC(OC)CC2)c(-c2cn(C)c3c(OC)nccc23)c1. The van der Waals surface area contributed by atoms with E-state index in [2.05, 4.69) is 9.71 Å². The smallest absolute Gasteiger partial charge is 0.238 e. The van der Waals surface area contributed by atoms with Crippen molar-refractivity contribution in [3.63, 3.8) is 0 Å². The van der Waals surface area contributed by atoms with Gasteiger partial charge >= 0.3 is 0 Å². The number of methoxy groups -OCH3 is 2. The molecule has 1 fully saturated rings. The van der Waals surface area contributed by atoms with Gasteiger partial charge in [-0.3, -0.25) is 4.72 Å². The Kier molecular flexibility index (Phi) is 6.81. The zero-order valence-electron chi connectivity index (χ0n) is 19.5. The number of aromatic nitrogens is 2. The largest absolute Gasteiger partial charge is 0.490 e. The number of rotatable bonds is 8. The molecule has 2 aromatic heterocycles. The molecule has 2 heterocycles. The van der Waals surface area contributed by atoms with Crippen LogP contribution in [0.2, 0.25) is 0 Å². The fraction of sp³-hybridized carbons (Fsp3) is 0.458. The average Bonchev–Trinajstić information content (AvgIpc) is 3.17. The van der Waals surface area contributed by atoms with Gasteiger partial charge in [-0.15, -0.1) is 0 Å². The van der Waals surface area contributed by atoms with Gasteiger partial charge in [0.2, 0.25) is 15.9 Å². The molecule has 0 atom stereocenters. The first kappa shape index (κ1) is 23.4. The summed E-state index contributed by atoms with van der Waals surface area (Å²) in [7, 11) is 1.88.